The second-order valence-electron chi connectivity index (χ2n) is 14.6. The Kier molecular flexibility index (Phi) is 12.2. The van der Waals surface area contributed by atoms with E-state index in [0.29, 0.717) is 88.7 Å². The van der Waals surface area contributed by atoms with Gasteiger partial charge >= 0.3 is 23.9 Å². The van der Waals surface area contributed by atoms with E-state index in [0.717, 1.165) is 22.3 Å². The fraction of sp³-hybridized carbons (Fsp3) is 0.0769. The molecule has 325 valence electrons. The zero-order valence-corrected chi connectivity index (χ0v) is 36.3. The van der Waals surface area contributed by atoms with Crippen molar-refractivity contribution in [2.45, 2.75) is 0 Å². The zero-order chi connectivity index (χ0) is 44.5. The molecule has 8 bridgehead atoms. The normalized spacial score (nSPS) is 15.3. The standard InChI is InChI=1S/C52H38N4O8.Co/c1-61-49(57)33-13-5-29(6-14-33)45-37-21-23-39(53-37)46(30-7-15-34(16-8-30)50(58)62-2)41-25-27-43(55-41)48(32-11-19-36(20-12-32)52(60)64-4)44-28-26-42(56-44)47(40-24-22-38(45)54-40)31-9-17-35(18-10-31)51(59)63-3;/h5-28H,1-4H3,(H2-2,53,54,55,56,57,58,59,60);/q-2;/p-2/b45-37-,45-38?,46-39-,46-41?,47-40?,47-42-,48-43?,48-44-;. The molecular formula is C52H36CoN4O8-4. The Morgan fingerprint density at radius 3 is 0.677 bits per heavy atom. The summed E-state index contributed by atoms with van der Waals surface area (Å²) in [6, 6.07) is 43.6. The van der Waals surface area contributed by atoms with Crippen molar-refractivity contribution in [1.82, 2.24) is 19.9 Å². The smallest absolute Gasteiger partial charge is 0.337 e. The molecule has 5 heterocycles. The van der Waals surface area contributed by atoms with Gasteiger partial charge in [0.25, 0.3) is 0 Å². The second-order valence-corrected chi connectivity index (χ2v) is 14.6. The van der Waals surface area contributed by atoms with Gasteiger partial charge in [0.1, 0.15) is 0 Å². The molecule has 65 heavy (non-hydrogen) atoms. The predicted molar refractivity (Wildman–Crippen MR) is 235 cm³/mol. The summed E-state index contributed by atoms with van der Waals surface area (Å²) < 4.78 is 19.9. The number of hydrogen-bond donors (Lipinski definition) is 0. The number of methoxy groups -OCH3 is 4. The van der Waals surface area contributed by atoms with Crippen LogP contribution in [0.3, 0.4) is 0 Å². The van der Waals surface area contributed by atoms with E-state index in [-0.39, 0.29) is 16.8 Å². The number of fused-ring (bicyclic) bond motifs is 8. The molecule has 0 aliphatic carbocycles. The summed E-state index contributed by atoms with van der Waals surface area (Å²) in [5.41, 5.74) is 9.71. The quantitative estimate of drug-likeness (QED) is 0.160. The van der Waals surface area contributed by atoms with E-state index in [1.165, 1.54) is 28.4 Å². The van der Waals surface area contributed by atoms with Crippen LogP contribution >= 0.6 is 0 Å². The Bertz CT molecular complexity index is 2930. The Labute approximate surface area is 382 Å². The van der Waals surface area contributed by atoms with E-state index < -0.39 is 23.9 Å². The van der Waals surface area contributed by atoms with Crippen LogP contribution in [0.2, 0.25) is 0 Å². The third-order valence-corrected chi connectivity index (χ3v) is 11.0. The second kappa shape index (κ2) is 18.3. The fourth-order valence-corrected chi connectivity index (χ4v) is 7.83. The maximum Gasteiger partial charge on any atom is 0.337 e. The molecule has 0 fully saturated rings. The van der Waals surface area contributed by atoms with Crippen LogP contribution in [-0.2, 0) is 35.7 Å². The van der Waals surface area contributed by atoms with Gasteiger partial charge in [0, 0.05) is 16.8 Å². The number of nitrogens with zero attached hydrogens (tertiary/aromatic N) is 4. The van der Waals surface area contributed by atoms with Crippen LogP contribution in [0.4, 0.5) is 0 Å². The molecule has 0 atom stereocenters. The van der Waals surface area contributed by atoms with E-state index in [2.05, 4.69) is 0 Å². The molecule has 8 aromatic rings. The molecule has 13 heteroatoms. The Hall–Kier alpha value is -8.13. The van der Waals surface area contributed by atoms with Gasteiger partial charge in [-0.15, -0.1) is 44.2 Å². The minimum absolute atomic E-state index is 0. The van der Waals surface area contributed by atoms with Crippen LogP contribution in [-0.4, -0.2) is 52.3 Å². The van der Waals surface area contributed by atoms with Crippen LogP contribution in [0, 0.1) is 0 Å². The van der Waals surface area contributed by atoms with Crippen molar-refractivity contribution in [3.63, 3.8) is 0 Å². The number of carbonyl (C=O) groups is 4. The molecule has 0 amide bonds. The van der Waals surface area contributed by atoms with Crippen molar-refractivity contribution in [1.29, 1.82) is 0 Å². The molecule has 4 aromatic carbocycles. The summed E-state index contributed by atoms with van der Waals surface area (Å²) in [5.74, 6) is -1.86. The third-order valence-electron chi connectivity index (χ3n) is 11.0. The monoisotopic (exact) mass is 903 g/mol. The SMILES string of the molecule is COC(=O)c1ccc(/C2=c3\cc/c([n-]3)=C(\c3ccc(C(=O)OC)cc3)c3ccc([n-]3)/C(c3ccc(C(=O)OC)cc3)=c3/cc/c([n-]3)=C(\c3ccc(C(=O)OC)cc3)c3ccc2[n-]3)cc1.[Co]. The van der Waals surface area contributed by atoms with Crippen LogP contribution < -0.4 is 41.3 Å². The van der Waals surface area contributed by atoms with Crippen molar-refractivity contribution in [2.24, 2.45) is 0 Å². The van der Waals surface area contributed by atoms with E-state index in [4.69, 9.17) is 38.9 Å². The molecule has 0 N–H and O–H groups in total. The summed E-state index contributed by atoms with van der Waals surface area (Å²) in [4.78, 5) is 70.9. The topological polar surface area (TPSA) is 162 Å². The maximum absolute atomic E-state index is 12.5. The van der Waals surface area contributed by atoms with Gasteiger partial charge in [-0.2, -0.15) is 0 Å². The summed E-state index contributed by atoms with van der Waals surface area (Å²) in [6.07, 6.45) is 0. The summed E-state index contributed by atoms with van der Waals surface area (Å²) in [5, 5.41) is 2.40. The summed E-state index contributed by atoms with van der Waals surface area (Å²) in [6.45, 7) is 0. The van der Waals surface area contributed by atoms with Crippen LogP contribution in [0.25, 0.3) is 22.3 Å². The van der Waals surface area contributed by atoms with Gasteiger partial charge in [-0.1, -0.05) is 97.1 Å². The van der Waals surface area contributed by atoms with Crippen LogP contribution in [0.1, 0.15) is 86.5 Å². The molecule has 1 radical (unpaired) electrons. The first-order valence-corrected chi connectivity index (χ1v) is 20.0. The van der Waals surface area contributed by atoms with Gasteiger partial charge in [0.15, 0.2) is 0 Å². The number of carbonyl (C=O) groups excluding carboxylic acids is 4. The maximum atomic E-state index is 12.5. The van der Waals surface area contributed by atoms with Crippen molar-refractivity contribution in [3.05, 3.63) is 234 Å². The molecule has 9 rings (SSSR count). The number of benzene rings is 4. The molecular weight excluding hydrogens is 868 g/mol. The molecule has 0 spiro atoms. The third kappa shape index (κ3) is 8.29. The minimum atomic E-state index is -0.464. The molecule has 0 unspecified atom stereocenters. The first-order valence-electron chi connectivity index (χ1n) is 20.0. The minimum Gasteiger partial charge on any atom is -0.657 e. The Morgan fingerprint density at radius 1 is 0.292 bits per heavy atom. The zero-order valence-electron chi connectivity index (χ0n) is 35.2. The molecule has 0 saturated carbocycles. The van der Waals surface area contributed by atoms with E-state index in [1.807, 2.05) is 97.1 Å². The van der Waals surface area contributed by atoms with Gasteiger partial charge in [0.2, 0.25) is 0 Å². The van der Waals surface area contributed by atoms with Gasteiger partial charge in [-0.25, -0.2) is 19.2 Å². The van der Waals surface area contributed by atoms with Gasteiger partial charge < -0.3 is 38.9 Å². The van der Waals surface area contributed by atoms with E-state index in [9.17, 15) is 19.2 Å². The average molecular weight is 904 g/mol. The van der Waals surface area contributed by atoms with Crippen molar-refractivity contribution < 1.29 is 54.9 Å². The number of esters is 4. The summed E-state index contributed by atoms with van der Waals surface area (Å²) >= 11 is 0. The molecule has 4 aromatic heterocycles. The Balaban J connectivity index is 0.00000576. The molecule has 1 aliphatic heterocycles. The Morgan fingerprint density at radius 2 is 0.492 bits per heavy atom. The number of rotatable bonds is 8. The van der Waals surface area contributed by atoms with Crippen molar-refractivity contribution in [3.8, 4) is 0 Å². The van der Waals surface area contributed by atoms with Gasteiger partial charge in [0.05, 0.1) is 50.7 Å². The molecule has 12 nitrogen and oxygen atoms in total. The van der Waals surface area contributed by atoms with E-state index in [1.54, 1.807) is 48.5 Å². The first-order chi connectivity index (χ1) is 31.2. The largest absolute Gasteiger partial charge is 0.657 e. The first kappa shape index (κ1) is 43.5. The van der Waals surface area contributed by atoms with Crippen LogP contribution in [0.15, 0.2) is 146 Å². The number of ether oxygens (including phenoxy) is 4. The predicted octanol–water partition coefficient (Wildman–Crippen LogP) is 3.96. The van der Waals surface area contributed by atoms with E-state index >= 15 is 0 Å². The van der Waals surface area contributed by atoms with Gasteiger partial charge in [-0.05, 0) is 93.1 Å². The van der Waals surface area contributed by atoms with Crippen LogP contribution in [0.5, 0.6) is 0 Å². The van der Waals surface area contributed by atoms with Crippen molar-refractivity contribution >= 4 is 46.2 Å². The average Bonchev–Trinajstić information content (AvgIpc) is 4.20. The van der Waals surface area contributed by atoms with Gasteiger partial charge in [-0.3, -0.25) is 0 Å². The fourth-order valence-electron chi connectivity index (χ4n) is 7.83. The molecule has 1 aliphatic rings. The number of hydrogen-bond acceptors (Lipinski definition) is 8. The van der Waals surface area contributed by atoms with Crippen molar-refractivity contribution in [2.75, 3.05) is 28.4 Å². The summed E-state index contributed by atoms with van der Waals surface area (Å²) in [7, 11) is 5.35. The molecule has 0 saturated heterocycles. The number of aromatic nitrogens is 4.